The smallest absolute Gasteiger partial charge is 0.251 e. The predicted molar refractivity (Wildman–Crippen MR) is 108 cm³/mol. The highest BCUT2D eigenvalue weighted by atomic mass is 32.2. The van der Waals surface area contributed by atoms with Gasteiger partial charge in [0.1, 0.15) is 12.2 Å². The summed E-state index contributed by atoms with van der Waals surface area (Å²) in [5, 5.41) is 14.2. The topological polar surface area (TPSA) is 101 Å². The first-order chi connectivity index (χ1) is 13.7. The maximum absolute atomic E-state index is 12.9. The molecule has 8 nitrogen and oxygen atoms in total. The second kappa shape index (κ2) is 8.22. The fourth-order valence-corrected chi connectivity index (χ4v) is 3.43. The molecule has 0 saturated heterocycles. The highest BCUT2D eigenvalue weighted by Crippen LogP contribution is 2.21. The zero-order valence-electron chi connectivity index (χ0n) is 15.2. The molecular weight excluding hydrogens is 374 g/mol. The first kappa shape index (κ1) is 18.2. The molecule has 0 radical (unpaired) electrons. The highest BCUT2D eigenvalue weighted by Gasteiger charge is 2.19. The third-order valence-electron chi connectivity index (χ3n) is 4.38. The van der Waals surface area contributed by atoms with Crippen LogP contribution in [0.15, 0.2) is 54.9 Å². The summed E-state index contributed by atoms with van der Waals surface area (Å²) in [4.78, 5) is 20.9. The Hall–Kier alpha value is -3.20. The number of H-pyrrole nitrogens is 1. The van der Waals surface area contributed by atoms with Gasteiger partial charge in [0.25, 0.3) is 5.91 Å². The molecule has 0 unspecified atom stereocenters. The lowest BCUT2D eigenvalue weighted by Gasteiger charge is -2.16. The minimum atomic E-state index is -0.205. The summed E-state index contributed by atoms with van der Waals surface area (Å²) in [7, 11) is 0. The number of para-hydroxylation sites is 2. The summed E-state index contributed by atoms with van der Waals surface area (Å²) in [6, 6.07) is 14.8. The molecule has 0 bridgehead atoms. The molecule has 1 amide bonds. The van der Waals surface area contributed by atoms with Gasteiger partial charge in [-0.3, -0.25) is 4.79 Å². The number of nitrogens with one attached hydrogen (secondary N) is 2. The van der Waals surface area contributed by atoms with E-state index in [9.17, 15) is 4.79 Å². The largest absolute Gasteiger partial charge is 0.342 e. The van der Waals surface area contributed by atoms with Gasteiger partial charge in [-0.1, -0.05) is 18.2 Å². The van der Waals surface area contributed by atoms with Gasteiger partial charge >= 0.3 is 0 Å². The second-order valence-electron chi connectivity index (χ2n) is 6.25. The summed E-state index contributed by atoms with van der Waals surface area (Å²) >= 11 is 1.74. The minimum absolute atomic E-state index is 0.165. The number of aromatic nitrogens is 6. The summed E-state index contributed by atoms with van der Waals surface area (Å²) in [6.45, 7) is 0. The number of hydrogen-bond acceptors (Lipinski definition) is 6. The second-order valence-corrected chi connectivity index (χ2v) is 7.24. The number of fused-ring (bicyclic) bond motifs is 1. The molecule has 4 rings (SSSR count). The van der Waals surface area contributed by atoms with Crippen molar-refractivity contribution in [3.05, 3.63) is 66.2 Å². The molecule has 2 aromatic heterocycles. The molecule has 0 saturated carbocycles. The molecule has 0 aliphatic carbocycles. The van der Waals surface area contributed by atoms with E-state index in [4.69, 9.17) is 0 Å². The molecular formula is C19H19N7OS. The third kappa shape index (κ3) is 3.89. The zero-order chi connectivity index (χ0) is 19.3. The third-order valence-corrected chi connectivity index (χ3v) is 5.02. The molecule has 4 aromatic rings. The molecule has 1 atom stereocenters. The number of aromatic amines is 1. The lowest BCUT2D eigenvalue weighted by Crippen LogP contribution is -2.29. The summed E-state index contributed by atoms with van der Waals surface area (Å²) < 4.78 is 1.52. The van der Waals surface area contributed by atoms with E-state index in [0.717, 1.165) is 34.7 Å². The van der Waals surface area contributed by atoms with Gasteiger partial charge in [0.05, 0.1) is 22.8 Å². The molecule has 2 aromatic carbocycles. The number of thioether (sulfide) groups is 1. The normalized spacial score (nSPS) is 12.2. The maximum atomic E-state index is 12.9. The number of rotatable bonds is 7. The molecule has 0 aliphatic heterocycles. The Morgan fingerprint density at radius 3 is 2.93 bits per heavy atom. The van der Waals surface area contributed by atoms with Crippen molar-refractivity contribution in [2.45, 2.75) is 12.5 Å². The van der Waals surface area contributed by atoms with Crippen LogP contribution in [-0.2, 0) is 0 Å². The number of imidazole rings is 1. The van der Waals surface area contributed by atoms with Crippen LogP contribution in [0.1, 0.15) is 28.6 Å². The summed E-state index contributed by atoms with van der Waals surface area (Å²) in [6.07, 6.45) is 4.32. The van der Waals surface area contributed by atoms with Crippen molar-refractivity contribution in [1.82, 2.24) is 35.5 Å². The van der Waals surface area contributed by atoms with Crippen molar-refractivity contribution in [2.24, 2.45) is 0 Å². The van der Waals surface area contributed by atoms with Crippen LogP contribution in [0.25, 0.3) is 16.7 Å². The van der Waals surface area contributed by atoms with Gasteiger partial charge in [-0.25, -0.2) is 9.67 Å². The molecule has 0 aliphatic rings. The number of carbonyl (C=O) groups excluding carboxylic acids is 1. The van der Waals surface area contributed by atoms with Crippen LogP contribution in [0.5, 0.6) is 0 Å². The number of amides is 1. The van der Waals surface area contributed by atoms with Crippen molar-refractivity contribution in [3.8, 4) is 5.69 Å². The first-order valence-corrected chi connectivity index (χ1v) is 10.2. The predicted octanol–water partition coefficient (Wildman–Crippen LogP) is 2.76. The van der Waals surface area contributed by atoms with E-state index in [1.54, 1.807) is 23.9 Å². The van der Waals surface area contributed by atoms with Crippen LogP contribution in [-0.4, -0.2) is 48.1 Å². The van der Waals surface area contributed by atoms with Crippen LogP contribution >= 0.6 is 11.8 Å². The average Bonchev–Trinajstić information content (AvgIpc) is 3.41. The van der Waals surface area contributed by atoms with Crippen LogP contribution in [0.3, 0.4) is 0 Å². The number of nitrogens with zero attached hydrogens (tertiary/aromatic N) is 5. The van der Waals surface area contributed by atoms with E-state index in [1.165, 1.54) is 11.0 Å². The van der Waals surface area contributed by atoms with Crippen molar-refractivity contribution < 1.29 is 4.79 Å². The van der Waals surface area contributed by atoms with E-state index < -0.39 is 0 Å². The van der Waals surface area contributed by atoms with Crippen LogP contribution < -0.4 is 5.32 Å². The first-order valence-electron chi connectivity index (χ1n) is 8.82. The Morgan fingerprint density at radius 2 is 2.14 bits per heavy atom. The van der Waals surface area contributed by atoms with Gasteiger partial charge in [0, 0.05) is 5.56 Å². The quantitative estimate of drug-likeness (QED) is 0.501. The van der Waals surface area contributed by atoms with Crippen molar-refractivity contribution in [1.29, 1.82) is 0 Å². The fourth-order valence-electron chi connectivity index (χ4n) is 2.96. The Kier molecular flexibility index (Phi) is 5.34. The van der Waals surface area contributed by atoms with Crippen molar-refractivity contribution in [2.75, 3.05) is 12.0 Å². The van der Waals surface area contributed by atoms with Gasteiger partial charge in [-0.15, -0.1) is 5.10 Å². The van der Waals surface area contributed by atoms with E-state index in [1.807, 2.05) is 42.7 Å². The Bertz CT molecular complexity index is 1040. The monoisotopic (exact) mass is 393 g/mol. The van der Waals surface area contributed by atoms with Gasteiger partial charge in [0.15, 0.2) is 0 Å². The number of hydrogen-bond donors (Lipinski definition) is 2. The number of tetrazole rings is 1. The summed E-state index contributed by atoms with van der Waals surface area (Å²) in [5.74, 6) is 1.51. The average molecular weight is 393 g/mol. The number of carbonyl (C=O) groups is 1. The van der Waals surface area contributed by atoms with E-state index in [0.29, 0.717) is 5.56 Å². The van der Waals surface area contributed by atoms with Gasteiger partial charge in [0.2, 0.25) is 0 Å². The number of benzene rings is 2. The SMILES string of the molecule is CSCC[C@H](NC(=O)c1cccc(-n2cnnn2)c1)c1nc2ccccc2[nH]1. The van der Waals surface area contributed by atoms with Gasteiger partial charge < -0.3 is 10.3 Å². The van der Waals surface area contributed by atoms with Crippen LogP contribution in [0, 0.1) is 0 Å². The van der Waals surface area contributed by atoms with Crippen LogP contribution in [0.2, 0.25) is 0 Å². The van der Waals surface area contributed by atoms with Crippen LogP contribution in [0.4, 0.5) is 0 Å². The molecule has 142 valence electrons. The molecule has 0 fully saturated rings. The molecule has 2 heterocycles. The zero-order valence-corrected chi connectivity index (χ0v) is 16.1. The van der Waals surface area contributed by atoms with E-state index in [-0.39, 0.29) is 11.9 Å². The standard InChI is InChI=1S/C19H19N7OS/c1-28-10-9-17(18-21-15-7-2-3-8-16(15)22-18)23-19(27)13-5-4-6-14(11-13)26-12-20-24-25-26/h2-8,11-12,17H,9-10H2,1H3,(H,21,22)(H,23,27)/t17-/m0/s1. The maximum Gasteiger partial charge on any atom is 0.251 e. The Morgan fingerprint density at radius 1 is 1.25 bits per heavy atom. The Balaban J connectivity index is 1.58. The highest BCUT2D eigenvalue weighted by molar-refractivity contribution is 7.98. The molecule has 2 N–H and O–H groups in total. The lowest BCUT2D eigenvalue weighted by molar-refractivity contribution is 0.0934. The lowest BCUT2D eigenvalue weighted by atomic mass is 10.1. The molecule has 0 spiro atoms. The van der Waals surface area contributed by atoms with E-state index >= 15 is 0 Å². The molecule has 28 heavy (non-hydrogen) atoms. The minimum Gasteiger partial charge on any atom is -0.342 e. The van der Waals surface area contributed by atoms with E-state index in [2.05, 4.69) is 30.8 Å². The van der Waals surface area contributed by atoms with Crippen molar-refractivity contribution >= 4 is 28.7 Å². The van der Waals surface area contributed by atoms with Gasteiger partial charge in [-0.2, -0.15) is 11.8 Å². The fraction of sp³-hybridized carbons (Fsp3) is 0.211. The van der Waals surface area contributed by atoms with Gasteiger partial charge in [-0.05, 0) is 59.2 Å². The molecule has 9 heteroatoms. The van der Waals surface area contributed by atoms with Crippen molar-refractivity contribution in [3.63, 3.8) is 0 Å². The summed E-state index contributed by atoms with van der Waals surface area (Å²) in [5.41, 5.74) is 3.11. The Labute approximate surface area is 165 Å².